The molecule has 5 heteroatoms. The lowest BCUT2D eigenvalue weighted by Gasteiger charge is -2.06. The zero-order chi connectivity index (χ0) is 11.0. The van der Waals surface area contributed by atoms with Gasteiger partial charge in [-0.2, -0.15) is 5.10 Å². The summed E-state index contributed by atoms with van der Waals surface area (Å²) in [6.45, 7) is 1.83. The van der Waals surface area contributed by atoms with Gasteiger partial charge in [0, 0.05) is 13.2 Å². The van der Waals surface area contributed by atoms with Gasteiger partial charge in [-0.1, -0.05) is 11.6 Å². The molecule has 2 heterocycles. The first-order valence-electron chi connectivity index (χ1n) is 4.50. The zero-order valence-corrected chi connectivity index (χ0v) is 9.28. The Bertz CT molecular complexity index is 481. The van der Waals surface area contributed by atoms with Crippen LogP contribution in [0.25, 0.3) is 11.4 Å². The molecule has 0 fully saturated rings. The molecule has 2 N–H and O–H groups in total. The molecule has 0 atom stereocenters. The molecular weight excluding hydrogens is 212 g/mol. The standard InChI is InChI=1S/C10H11ClN4/c1-6-10(12)7(11)5-8(14-6)9-3-4-13-15(9)2/h3-5H,12H2,1-2H3. The highest BCUT2D eigenvalue weighted by molar-refractivity contribution is 6.33. The first-order valence-corrected chi connectivity index (χ1v) is 4.88. The quantitative estimate of drug-likeness (QED) is 0.803. The second kappa shape index (κ2) is 3.55. The van der Waals surface area contributed by atoms with Crippen molar-refractivity contribution in [3.8, 4) is 11.4 Å². The predicted molar refractivity (Wildman–Crippen MR) is 60.6 cm³/mol. The largest absolute Gasteiger partial charge is 0.396 e. The van der Waals surface area contributed by atoms with Crippen molar-refractivity contribution < 1.29 is 0 Å². The van der Waals surface area contributed by atoms with E-state index in [1.807, 2.05) is 20.0 Å². The number of rotatable bonds is 1. The molecule has 0 spiro atoms. The van der Waals surface area contributed by atoms with E-state index in [-0.39, 0.29) is 0 Å². The van der Waals surface area contributed by atoms with Crippen molar-refractivity contribution in [1.29, 1.82) is 0 Å². The van der Waals surface area contributed by atoms with Crippen molar-refractivity contribution >= 4 is 17.3 Å². The second-order valence-corrected chi connectivity index (χ2v) is 3.74. The minimum atomic E-state index is 0.527. The van der Waals surface area contributed by atoms with Crippen LogP contribution in [0.5, 0.6) is 0 Å². The van der Waals surface area contributed by atoms with Gasteiger partial charge in [0.1, 0.15) is 0 Å². The zero-order valence-electron chi connectivity index (χ0n) is 8.53. The smallest absolute Gasteiger partial charge is 0.0902 e. The number of pyridine rings is 1. The van der Waals surface area contributed by atoms with Crippen LogP contribution < -0.4 is 5.73 Å². The average molecular weight is 223 g/mol. The summed E-state index contributed by atoms with van der Waals surface area (Å²) in [5.41, 5.74) is 8.69. The maximum absolute atomic E-state index is 5.99. The van der Waals surface area contributed by atoms with Crippen LogP contribution in [0.2, 0.25) is 5.02 Å². The molecule has 2 aromatic rings. The molecule has 0 radical (unpaired) electrons. The molecule has 0 saturated heterocycles. The van der Waals surface area contributed by atoms with Gasteiger partial charge >= 0.3 is 0 Å². The number of hydrogen-bond donors (Lipinski definition) is 1. The van der Waals surface area contributed by atoms with Gasteiger partial charge in [0.2, 0.25) is 0 Å². The van der Waals surface area contributed by atoms with E-state index in [0.29, 0.717) is 10.7 Å². The Labute approximate surface area is 92.7 Å². The van der Waals surface area contributed by atoms with Gasteiger partial charge in [-0.05, 0) is 19.1 Å². The molecular formula is C10H11ClN4. The lowest BCUT2D eigenvalue weighted by atomic mass is 10.2. The van der Waals surface area contributed by atoms with Crippen LogP contribution in [0.1, 0.15) is 5.69 Å². The minimum Gasteiger partial charge on any atom is -0.396 e. The van der Waals surface area contributed by atoms with Gasteiger partial charge in [0.15, 0.2) is 0 Å². The number of aryl methyl sites for hydroxylation is 2. The Morgan fingerprint density at radius 2 is 2.20 bits per heavy atom. The molecule has 0 unspecified atom stereocenters. The van der Waals surface area contributed by atoms with Gasteiger partial charge in [-0.3, -0.25) is 4.68 Å². The molecule has 0 saturated carbocycles. The monoisotopic (exact) mass is 222 g/mol. The fraction of sp³-hybridized carbons (Fsp3) is 0.200. The number of hydrogen-bond acceptors (Lipinski definition) is 3. The van der Waals surface area contributed by atoms with Crippen LogP contribution in [-0.2, 0) is 7.05 Å². The van der Waals surface area contributed by atoms with Gasteiger partial charge in [0.25, 0.3) is 0 Å². The van der Waals surface area contributed by atoms with Crippen LogP contribution in [-0.4, -0.2) is 14.8 Å². The van der Waals surface area contributed by atoms with E-state index >= 15 is 0 Å². The minimum absolute atomic E-state index is 0.527. The molecule has 0 aromatic carbocycles. The lowest BCUT2D eigenvalue weighted by molar-refractivity contribution is 0.773. The van der Waals surface area contributed by atoms with Crippen molar-refractivity contribution in [2.24, 2.45) is 7.05 Å². The maximum atomic E-state index is 5.99. The summed E-state index contributed by atoms with van der Waals surface area (Å²) in [4.78, 5) is 4.37. The summed E-state index contributed by atoms with van der Waals surface area (Å²) >= 11 is 5.99. The van der Waals surface area contributed by atoms with E-state index < -0.39 is 0 Å². The second-order valence-electron chi connectivity index (χ2n) is 3.33. The van der Waals surface area contributed by atoms with Crippen molar-refractivity contribution in [2.75, 3.05) is 5.73 Å². The van der Waals surface area contributed by atoms with Gasteiger partial charge in [0.05, 0.1) is 27.8 Å². The van der Waals surface area contributed by atoms with E-state index in [2.05, 4.69) is 10.1 Å². The van der Waals surface area contributed by atoms with Crippen molar-refractivity contribution in [2.45, 2.75) is 6.92 Å². The molecule has 0 aliphatic rings. The molecule has 2 rings (SSSR count). The molecule has 78 valence electrons. The topological polar surface area (TPSA) is 56.7 Å². The van der Waals surface area contributed by atoms with Crippen LogP contribution in [0, 0.1) is 6.92 Å². The van der Waals surface area contributed by atoms with E-state index in [1.165, 1.54) is 0 Å². The molecule has 2 aromatic heterocycles. The lowest BCUT2D eigenvalue weighted by Crippen LogP contribution is -1.99. The summed E-state index contributed by atoms with van der Waals surface area (Å²) in [6.07, 6.45) is 1.72. The number of nitrogens with two attached hydrogens (primary N) is 1. The third-order valence-electron chi connectivity index (χ3n) is 2.28. The number of anilines is 1. The van der Waals surface area contributed by atoms with Crippen LogP contribution >= 0.6 is 11.6 Å². The highest BCUT2D eigenvalue weighted by Crippen LogP contribution is 2.26. The number of nitrogen functional groups attached to an aromatic ring is 1. The number of nitrogens with zero attached hydrogens (tertiary/aromatic N) is 3. The SMILES string of the molecule is Cc1nc(-c2ccnn2C)cc(Cl)c1N. The molecule has 0 aliphatic heterocycles. The van der Waals surface area contributed by atoms with E-state index in [4.69, 9.17) is 17.3 Å². The third-order valence-corrected chi connectivity index (χ3v) is 2.59. The first kappa shape index (κ1) is 9.98. The summed E-state index contributed by atoms with van der Waals surface area (Å²) in [6, 6.07) is 3.63. The predicted octanol–water partition coefficient (Wildman–Crippen LogP) is 2.03. The molecule has 15 heavy (non-hydrogen) atoms. The molecule has 0 bridgehead atoms. The Morgan fingerprint density at radius 3 is 2.73 bits per heavy atom. The van der Waals surface area contributed by atoms with Crippen LogP contribution in [0.4, 0.5) is 5.69 Å². The normalized spacial score (nSPS) is 10.6. The molecule has 4 nitrogen and oxygen atoms in total. The summed E-state index contributed by atoms with van der Waals surface area (Å²) in [5, 5.41) is 4.60. The Hall–Kier alpha value is -1.55. The fourth-order valence-electron chi connectivity index (χ4n) is 1.40. The molecule has 0 aliphatic carbocycles. The third kappa shape index (κ3) is 1.68. The van der Waals surface area contributed by atoms with Gasteiger partial charge in [-0.25, -0.2) is 4.98 Å². The maximum Gasteiger partial charge on any atom is 0.0902 e. The highest BCUT2D eigenvalue weighted by Gasteiger charge is 2.09. The van der Waals surface area contributed by atoms with Crippen molar-refractivity contribution in [3.05, 3.63) is 29.0 Å². The molecule has 0 amide bonds. The highest BCUT2D eigenvalue weighted by atomic mass is 35.5. The number of halogens is 1. The van der Waals surface area contributed by atoms with Crippen molar-refractivity contribution in [1.82, 2.24) is 14.8 Å². The van der Waals surface area contributed by atoms with Gasteiger partial charge in [-0.15, -0.1) is 0 Å². The van der Waals surface area contributed by atoms with E-state index in [1.54, 1.807) is 16.9 Å². The fourth-order valence-corrected chi connectivity index (χ4v) is 1.64. The first-order chi connectivity index (χ1) is 7.09. The van der Waals surface area contributed by atoms with Crippen LogP contribution in [0.3, 0.4) is 0 Å². The Morgan fingerprint density at radius 1 is 1.47 bits per heavy atom. The summed E-state index contributed by atoms with van der Waals surface area (Å²) < 4.78 is 1.74. The van der Waals surface area contributed by atoms with Crippen LogP contribution in [0.15, 0.2) is 18.3 Å². The number of aromatic nitrogens is 3. The van der Waals surface area contributed by atoms with Crippen molar-refractivity contribution in [3.63, 3.8) is 0 Å². The summed E-state index contributed by atoms with van der Waals surface area (Å²) in [7, 11) is 1.86. The Balaban J connectivity index is 2.60. The van der Waals surface area contributed by atoms with Gasteiger partial charge < -0.3 is 5.73 Å². The Kier molecular flexibility index (Phi) is 2.36. The van der Waals surface area contributed by atoms with E-state index in [0.717, 1.165) is 17.1 Å². The average Bonchev–Trinajstić information content (AvgIpc) is 2.60. The summed E-state index contributed by atoms with van der Waals surface area (Å²) in [5.74, 6) is 0. The van der Waals surface area contributed by atoms with E-state index in [9.17, 15) is 0 Å².